The lowest BCUT2D eigenvalue weighted by Gasteiger charge is -2.21. The molecule has 26 heavy (non-hydrogen) atoms. The number of hydrogen-bond donors (Lipinski definition) is 1. The van der Waals surface area contributed by atoms with E-state index in [1.54, 1.807) is 7.05 Å². The number of carbonyl (C=O) groups is 1. The molecule has 0 radical (unpaired) electrons. The predicted molar refractivity (Wildman–Crippen MR) is 99.5 cm³/mol. The number of amides is 1. The first-order valence-corrected chi connectivity index (χ1v) is 8.67. The fourth-order valence-electron chi connectivity index (χ4n) is 3.01. The molecule has 0 aliphatic heterocycles. The number of benzene rings is 1. The molecule has 136 valence electrons. The minimum Gasteiger partial charge on any atom is -0.348 e. The molecular weight excluding hydrogens is 330 g/mol. The molecule has 1 amide bonds. The van der Waals surface area contributed by atoms with Crippen LogP contribution in [0.4, 0.5) is 0 Å². The van der Waals surface area contributed by atoms with Gasteiger partial charge >= 0.3 is 0 Å². The summed E-state index contributed by atoms with van der Waals surface area (Å²) >= 11 is 0. The second kappa shape index (κ2) is 7.51. The monoisotopic (exact) mass is 353 g/mol. The summed E-state index contributed by atoms with van der Waals surface area (Å²) in [5, 5.41) is 7.49. The van der Waals surface area contributed by atoms with E-state index in [1.807, 2.05) is 30.3 Å². The van der Waals surface area contributed by atoms with Crippen LogP contribution in [0.2, 0.25) is 0 Å². The Kier molecular flexibility index (Phi) is 5.16. The molecular formula is C19H23N5O2. The number of aromatic nitrogens is 4. The molecule has 7 nitrogen and oxygen atoms in total. The molecule has 0 fully saturated rings. The Bertz CT molecular complexity index is 959. The largest absolute Gasteiger partial charge is 0.348 e. The second-order valence-corrected chi connectivity index (χ2v) is 6.84. The first kappa shape index (κ1) is 17.8. The molecule has 1 aromatic carbocycles. The van der Waals surface area contributed by atoms with Crippen LogP contribution in [0, 0.1) is 5.92 Å². The summed E-state index contributed by atoms with van der Waals surface area (Å²) in [6.07, 6.45) is 3.70. The van der Waals surface area contributed by atoms with E-state index < -0.39 is 0 Å². The molecule has 2 heterocycles. The lowest BCUT2D eigenvalue weighted by molar-refractivity contribution is -0.122. The summed E-state index contributed by atoms with van der Waals surface area (Å²) < 4.78 is 2.85. The third kappa shape index (κ3) is 3.82. The summed E-state index contributed by atoms with van der Waals surface area (Å²) in [6.45, 7) is 4.16. The van der Waals surface area contributed by atoms with Crippen LogP contribution in [-0.4, -0.2) is 25.2 Å². The van der Waals surface area contributed by atoms with Gasteiger partial charge in [-0.2, -0.15) is 5.10 Å². The van der Waals surface area contributed by atoms with Crippen molar-refractivity contribution < 1.29 is 4.79 Å². The summed E-state index contributed by atoms with van der Waals surface area (Å²) in [7, 11) is 1.72. The van der Waals surface area contributed by atoms with Gasteiger partial charge in [0.25, 0.3) is 5.56 Å². The number of fused-ring (bicyclic) bond motifs is 1. The average molecular weight is 353 g/mol. The Morgan fingerprint density at radius 2 is 1.96 bits per heavy atom. The van der Waals surface area contributed by atoms with E-state index in [4.69, 9.17) is 0 Å². The molecule has 1 atom stereocenters. The van der Waals surface area contributed by atoms with Crippen molar-refractivity contribution in [1.82, 2.24) is 24.6 Å². The topological polar surface area (TPSA) is 81.8 Å². The number of nitrogens with one attached hydrogen (secondary N) is 1. The van der Waals surface area contributed by atoms with Crippen LogP contribution in [0.3, 0.4) is 0 Å². The van der Waals surface area contributed by atoms with Gasteiger partial charge in [-0.1, -0.05) is 44.2 Å². The van der Waals surface area contributed by atoms with Crippen LogP contribution in [0.1, 0.15) is 31.9 Å². The van der Waals surface area contributed by atoms with E-state index in [-0.39, 0.29) is 24.1 Å². The summed E-state index contributed by atoms with van der Waals surface area (Å²) in [6, 6.07) is 9.78. The highest BCUT2D eigenvalue weighted by atomic mass is 16.2. The Morgan fingerprint density at radius 3 is 2.65 bits per heavy atom. The molecule has 0 saturated carbocycles. The minimum absolute atomic E-state index is 0.0713. The molecule has 7 heteroatoms. The van der Waals surface area contributed by atoms with E-state index in [0.717, 1.165) is 12.0 Å². The maximum Gasteiger partial charge on any atom is 0.264 e. The average Bonchev–Trinajstić information content (AvgIpc) is 2.99. The fourth-order valence-corrected chi connectivity index (χ4v) is 3.01. The van der Waals surface area contributed by atoms with Crippen molar-refractivity contribution >= 4 is 16.9 Å². The molecule has 0 bridgehead atoms. The zero-order valence-corrected chi connectivity index (χ0v) is 15.2. The second-order valence-electron chi connectivity index (χ2n) is 6.84. The van der Waals surface area contributed by atoms with Gasteiger partial charge in [0.05, 0.1) is 12.2 Å². The van der Waals surface area contributed by atoms with Crippen LogP contribution >= 0.6 is 0 Å². The number of nitrogens with zero attached hydrogens (tertiary/aromatic N) is 4. The Hall–Kier alpha value is -2.96. The van der Waals surface area contributed by atoms with Gasteiger partial charge in [-0.05, 0) is 17.9 Å². The molecule has 1 unspecified atom stereocenters. The van der Waals surface area contributed by atoms with Crippen LogP contribution < -0.4 is 10.9 Å². The molecule has 2 aromatic heterocycles. The maximum absolute atomic E-state index is 12.6. The third-order valence-corrected chi connectivity index (χ3v) is 4.28. The zero-order valence-electron chi connectivity index (χ0n) is 15.2. The van der Waals surface area contributed by atoms with E-state index in [1.165, 1.54) is 21.8 Å². The summed E-state index contributed by atoms with van der Waals surface area (Å²) in [4.78, 5) is 29.3. The quantitative estimate of drug-likeness (QED) is 0.735. The Balaban J connectivity index is 1.78. The fraction of sp³-hybridized carbons (Fsp3) is 0.368. The highest BCUT2D eigenvalue weighted by molar-refractivity contribution is 5.77. The number of rotatable bonds is 6. The van der Waals surface area contributed by atoms with Gasteiger partial charge in [0.2, 0.25) is 5.91 Å². The molecule has 0 aliphatic carbocycles. The standard InChI is InChI=1S/C19H23N5O2/c1-13(2)9-16(14-7-5-4-6-8-14)22-17(25)11-24-12-20-18-15(19(24)26)10-21-23(18)3/h4-8,10,12-13,16H,9,11H2,1-3H3,(H,22,25). The highest BCUT2D eigenvalue weighted by Crippen LogP contribution is 2.21. The lowest BCUT2D eigenvalue weighted by Crippen LogP contribution is -2.35. The van der Waals surface area contributed by atoms with Gasteiger partial charge in [-0.25, -0.2) is 4.98 Å². The number of hydrogen-bond acceptors (Lipinski definition) is 4. The molecule has 1 N–H and O–H groups in total. The summed E-state index contributed by atoms with van der Waals surface area (Å²) in [5.41, 5.74) is 1.30. The molecule has 3 rings (SSSR count). The Labute approximate surface area is 151 Å². The van der Waals surface area contributed by atoms with Crippen molar-refractivity contribution in [2.75, 3.05) is 0 Å². The van der Waals surface area contributed by atoms with Crippen molar-refractivity contribution in [2.24, 2.45) is 13.0 Å². The van der Waals surface area contributed by atoms with Crippen LogP contribution in [0.15, 0.2) is 47.7 Å². The van der Waals surface area contributed by atoms with Gasteiger partial charge < -0.3 is 5.32 Å². The third-order valence-electron chi connectivity index (χ3n) is 4.28. The molecule has 3 aromatic rings. The van der Waals surface area contributed by atoms with Crippen molar-refractivity contribution in [1.29, 1.82) is 0 Å². The van der Waals surface area contributed by atoms with E-state index >= 15 is 0 Å². The van der Waals surface area contributed by atoms with Crippen LogP contribution in [0.25, 0.3) is 11.0 Å². The van der Waals surface area contributed by atoms with Crippen molar-refractivity contribution in [3.63, 3.8) is 0 Å². The van der Waals surface area contributed by atoms with Crippen molar-refractivity contribution in [3.05, 3.63) is 58.8 Å². The Morgan fingerprint density at radius 1 is 1.23 bits per heavy atom. The smallest absolute Gasteiger partial charge is 0.264 e. The molecule has 0 spiro atoms. The highest BCUT2D eigenvalue weighted by Gasteiger charge is 2.17. The van der Waals surface area contributed by atoms with Crippen molar-refractivity contribution in [2.45, 2.75) is 32.9 Å². The van der Waals surface area contributed by atoms with Gasteiger partial charge in [0.1, 0.15) is 18.3 Å². The maximum atomic E-state index is 12.6. The van der Waals surface area contributed by atoms with Crippen LogP contribution in [-0.2, 0) is 18.4 Å². The zero-order chi connectivity index (χ0) is 18.7. The predicted octanol–water partition coefficient (Wildman–Crippen LogP) is 2.03. The summed E-state index contributed by atoms with van der Waals surface area (Å²) in [5.74, 6) is 0.211. The van der Waals surface area contributed by atoms with Crippen molar-refractivity contribution in [3.8, 4) is 0 Å². The first-order chi connectivity index (χ1) is 12.5. The number of carbonyl (C=O) groups excluding carboxylic acids is 1. The molecule has 0 saturated heterocycles. The van der Waals surface area contributed by atoms with Gasteiger partial charge in [-0.3, -0.25) is 18.8 Å². The van der Waals surface area contributed by atoms with E-state index in [9.17, 15) is 9.59 Å². The lowest BCUT2D eigenvalue weighted by atomic mass is 9.97. The minimum atomic E-state index is -0.265. The van der Waals surface area contributed by atoms with Crippen LogP contribution in [0.5, 0.6) is 0 Å². The van der Waals surface area contributed by atoms with Gasteiger partial charge in [0.15, 0.2) is 5.65 Å². The van der Waals surface area contributed by atoms with E-state index in [0.29, 0.717) is 17.0 Å². The first-order valence-electron chi connectivity index (χ1n) is 8.67. The molecule has 0 aliphatic rings. The number of aryl methyl sites for hydroxylation is 1. The van der Waals surface area contributed by atoms with Gasteiger partial charge in [-0.15, -0.1) is 0 Å². The SMILES string of the molecule is CC(C)CC(NC(=O)Cn1cnc2c(cnn2C)c1=O)c1ccccc1. The normalized spacial score (nSPS) is 12.5. The van der Waals surface area contributed by atoms with E-state index in [2.05, 4.69) is 29.2 Å². The van der Waals surface area contributed by atoms with Gasteiger partial charge in [0, 0.05) is 7.05 Å².